The molecule has 1 saturated heterocycles. The first-order valence-corrected chi connectivity index (χ1v) is 4.99. The highest BCUT2D eigenvalue weighted by molar-refractivity contribution is 5.85. The van der Waals surface area contributed by atoms with Crippen LogP contribution in [0.5, 0.6) is 0 Å². The molecular weight excluding hydrogens is 259 g/mol. The van der Waals surface area contributed by atoms with Gasteiger partial charge in [0.05, 0.1) is 11.8 Å². The van der Waals surface area contributed by atoms with Gasteiger partial charge in [-0.1, -0.05) is 6.08 Å². The van der Waals surface area contributed by atoms with Crippen molar-refractivity contribution < 1.29 is 23.1 Å². The van der Waals surface area contributed by atoms with Gasteiger partial charge in [-0.05, 0) is 6.42 Å². The number of aliphatic carboxylic acids is 1. The molecule has 0 aromatic heterocycles. The molecule has 1 aliphatic rings. The fraction of sp³-hybridized carbons (Fsp3) is 0.700. The van der Waals surface area contributed by atoms with Gasteiger partial charge < -0.3 is 10.0 Å². The normalized spacial score (nSPS) is 25.4. The fourth-order valence-electron chi connectivity index (χ4n) is 1.92. The number of carboxylic acid groups (broad SMARTS) is 1. The summed E-state index contributed by atoms with van der Waals surface area (Å²) in [5.41, 5.74) is 0. The van der Waals surface area contributed by atoms with Gasteiger partial charge in [0.2, 0.25) is 0 Å². The van der Waals surface area contributed by atoms with E-state index in [-0.39, 0.29) is 25.5 Å². The zero-order chi connectivity index (χ0) is 12.3. The molecule has 0 unspecified atom stereocenters. The standard InChI is InChI=1S/C10H14F3NO2.ClH/c1-2-3-4-14-5-7(9(15)16)8(6-14)10(11,12)13;/h2,7-8H,1,3-6H2,(H,15,16);1H/t7-,8-;/m1./s1. The van der Waals surface area contributed by atoms with Crippen LogP contribution in [0.4, 0.5) is 13.2 Å². The second kappa shape index (κ2) is 6.26. The van der Waals surface area contributed by atoms with Gasteiger partial charge in [0.1, 0.15) is 0 Å². The zero-order valence-corrected chi connectivity index (χ0v) is 9.93. The lowest BCUT2D eigenvalue weighted by Gasteiger charge is -2.18. The molecule has 0 radical (unpaired) electrons. The molecular formula is C10H15ClF3NO2. The van der Waals surface area contributed by atoms with Gasteiger partial charge in [-0.15, -0.1) is 19.0 Å². The van der Waals surface area contributed by atoms with E-state index in [2.05, 4.69) is 6.58 Å². The third-order valence-corrected chi connectivity index (χ3v) is 2.78. The summed E-state index contributed by atoms with van der Waals surface area (Å²) in [7, 11) is 0. The molecule has 0 bridgehead atoms. The predicted octanol–water partition coefficient (Wildman–Crippen LogP) is 2.18. The number of hydrogen-bond donors (Lipinski definition) is 1. The van der Waals surface area contributed by atoms with Gasteiger partial charge >= 0.3 is 12.1 Å². The van der Waals surface area contributed by atoms with E-state index in [1.54, 1.807) is 6.08 Å². The van der Waals surface area contributed by atoms with Crippen LogP contribution in [0.2, 0.25) is 0 Å². The first-order valence-electron chi connectivity index (χ1n) is 4.99. The molecule has 1 rings (SSSR count). The minimum absolute atomic E-state index is 0. The van der Waals surface area contributed by atoms with E-state index in [1.165, 1.54) is 4.90 Å². The second-order valence-electron chi connectivity index (χ2n) is 3.93. The minimum Gasteiger partial charge on any atom is -0.481 e. The molecule has 2 atom stereocenters. The van der Waals surface area contributed by atoms with Crippen molar-refractivity contribution in [3.63, 3.8) is 0 Å². The van der Waals surface area contributed by atoms with E-state index in [4.69, 9.17) is 5.11 Å². The Bertz CT molecular complexity index is 283. The smallest absolute Gasteiger partial charge is 0.393 e. The molecule has 7 heteroatoms. The predicted molar refractivity (Wildman–Crippen MR) is 59.2 cm³/mol. The number of rotatable bonds is 4. The number of nitrogens with zero attached hydrogens (tertiary/aromatic N) is 1. The summed E-state index contributed by atoms with van der Waals surface area (Å²) in [6.45, 7) is 3.65. The van der Waals surface area contributed by atoms with Crippen molar-refractivity contribution in [1.29, 1.82) is 0 Å². The molecule has 1 heterocycles. The Morgan fingerprint density at radius 1 is 1.47 bits per heavy atom. The SMILES string of the molecule is C=CCCN1C[C@@H](C(F)(F)F)[C@H](C(=O)O)C1.Cl. The monoisotopic (exact) mass is 273 g/mol. The van der Waals surface area contributed by atoms with Crippen molar-refractivity contribution in [1.82, 2.24) is 4.90 Å². The molecule has 3 nitrogen and oxygen atoms in total. The van der Waals surface area contributed by atoms with Crippen LogP contribution < -0.4 is 0 Å². The molecule has 0 saturated carbocycles. The molecule has 17 heavy (non-hydrogen) atoms. The molecule has 1 aliphatic heterocycles. The van der Waals surface area contributed by atoms with E-state index >= 15 is 0 Å². The Hall–Kier alpha value is -0.750. The topological polar surface area (TPSA) is 40.5 Å². The fourth-order valence-corrected chi connectivity index (χ4v) is 1.92. The largest absolute Gasteiger partial charge is 0.481 e. The third kappa shape index (κ3) is 4.20. The molecule has 1 fully saturated rings. The Kier molecular flexibility index (Phi) is 5.98. The maximum atomic E-state index is 12.6. The molecule has 0 aliphatic carbocycles. The van der Waals surface area contributed by atoms with Gasteiger partial charge in [-0.25, -0.2) is 0 Å². The molecule has 100 valence electrons. The number of hydrogen-bond acceptors (Lipinski definition) is 2. The van der Waals surface area contributed by atoms with Crippen molar-refractivity contribution in [2.75, 3.05) is 19.6 Å². The number of alkyl halides is 3. The van der Waals surface area contributed by atoms with Crippen molar-refractivity contribution in [3.8, 4) is 0 Å². The van der Waals surface area contributed by atoms with Crippen LogP contribution in [0.25, 0.3) is 0 Å². The Morgan fingerprint density at radius 3 is 2.41 bits per heavy atom. The second-order valence-corrected chi connectivity index (χ2v) is 3.93. The number of carboxylic acids is 1. The first kappa shape index (κ1) is 16.2. The number of likely N-dealkylation sites (tertiary alicyclic amines) is 1. The molecule has 0 amide bonds. The van der Waals surface area contributed by atoms with Crippen LogP contribution in [-0.4, -0.2) is 41.8 Å². The van der Waals surface area contributed by atoms with Gasteiger partial charge in [0.25, 0.3) is 0 Å². The summed E-state index contributed by atoms with van der Waals surface area (Å²) in [5.74, 6) is -4.47. The summed E-state index contributed by atoms with van der Waals surface area (Å²) in [6.07, 6.45) is -2.26. The van der Waals surface area contributed by atoms with Crippen LogP contribution in [0.1, 0.15) is 6.42 Å². The number of halogens is 4. The van der Waals surface area contributed by atoms with E-state index in [1.807, 2.05) is 0 Å². The Labute approximate surface area is 104 Å². The van der Waals surface area contributed by atoms with E-state index in [9.17, 15) is 18.0 Å². The van der Waals surface area contributed by atoms with Gasteiger partial charge in [0.15, 0.2) is 0 Å². The van der Waals surface area contributed by atoms with E-state index in [0.717, 1.165) is 0 Å². The van der Waals surface area contributed by atoms with E-state index in [0.29, 0.717) is 13.0 Å². The van der Waals surface area contributed by atoms with Crippen LogP contribution in [-0.2, 0) is 4.79 Å². The summed E-state index contributed by atoms with van der Waals surface area (Å²) < 4.78 is 37.7. The van der Waals surface area contributed by atoms with Crippen molar-refractivity contribution in [2.24, 2.45) is 11.8 Å². The van der Waals surface area contributed by atoms with Gasteiger partial charge in [-0.2, -0.15) is 13.2 Å². The summed E-state index contributed by atoms with van der Waals surface area (Å²) in [4.78, 5) is 12.3. The number of carbonyl (C=O) groups is 1. The summed E-state index contributed by atoms with van der Waals surface area (Å²) >= 11 is 0. The highest BCUT2D eigenvalue weighted by Gasteiger charge is 2.52. The first-order chi connectivity index (χ1) is 7.36. The van der Waals surface area contributed by atoms with Crippen LogP contribution in [0.15, 0.2) is 12.7 Å². The molecule has 1 N–H and O–H groups in total. The highest BCUT2D eigenvalue weighted by atomic mass is 35.5. The molecule has 0 aromatic carbocycles. The highest BCUT2D eigenvalue weighted by Crippen LogP contribution is 2.37. The minimum atomic E-state index is -4.44. The molecule has 0 spiro atoms. The average molecular weight is 274 g/mol. The van der Waals surface area contributed by atoms with Crippen molar-refractivity contribution in [2.45, 2.75) is 12.6 Å². The van der Waals surface area contributed by atoms with Gasteiger partial charge in [0, 0.05) is 19.6 Å². The lowest BCUT2D eigenvalue weighted by molar-refractivity contribution is -0.188. The Balaban J connectivity index is 0.00000256. The van der Waals surface area contributed by atoms with Crippen LogP contribution >= 0.6 is 12.4 Å². The maximum absolute atomic E-state index is 12.6. The van der Waals surface area contributed by atoms with Crippen LogP contribution in [0.3, 0.4) is 0 Å². The lowest BCUT2D eigenvalue weighted by Crippen LogP contribution is -2.33. The van der Waals surface area contributed by atoms with E-state index < -0.39 is 24.0 Å². The third-order valence-electron chi connectivity index (χ3n) is 2.78. The maximum Gasteiger partial charge on any atom is 0.393 e. The summed E-state index contributed by atoms with van der Waals surface area (Å²) in [5, 5.41) is 8.74. The van der Waals surface area contributed by atoms with Crippen molar-refractivity contribution >= 4 is 18.4 Å². The molecule has 0 aromatic rings. The zero-order valence-electron chi connectivity index (χ0n) is 9.11. The quantitative estimate of drug-likeness (QED) is 0.798. The van der Waals surface area contributed by atoms with Crippen molar-refractivity contribution in [3.05, 3.63) is 12.7 Å². The lowest BCUT2D eigenvalue weighted by atomic mass is 9.96. The van der Waals surface area contributed by atoms with Gasteiger partial charge in [-0.3, -0.25) is 4.79 Å². The Morgan fingerprint density at radius 2 is 2.06 bits per heavy atom. The summed E-state index contributed by atoms with van der Waals surface area (Å²) in [6, 6.07) is 0. The average Bonchev–Trinajstić information content (AvgIpc) is 2.58. The van der Waals surface area contributed by atoms with Crippen LogP contribution in [0, 0.1) is 11.8 Å².